The lowest BCUT2D eigenvalue weighted by atomic mass is 9.88. The molecule has 0 saturated heterocycles. The standard InChI is InChI=1S/C19H16F2N2O2/c20-19(21)16(24)11-14-12-17(25)23(15-9-5-2-6-10-15)22-18(14)13-7-3-1-4-8-13/h1-10,14,19H,11-12H2. The molecule has 0 spiro atoms. The van der Waals surface area contributed by atoms with Gasteiger partial charge in [0.2, 0.25) is 5.91 Å². The fraction of sp³-hybridized carbons (Fsp3) is 0.211. The summed E-state index contributed by atoms with van der Waals surface area (Å²) < 4.78 is 25.3. The van der Waals surface area contributed by atoms with E-state index in [1.54, 1.807) is 48.5 Å². The van der Waals surface area contributed by atoms with E-state index in [-0.39, 0.29) is 12.3 Å². The van der Waals surface area contributed by atoms with Crippen molar-refractivity contribution < 1.29 is 18.4 Å². The number of ketones is 1. The Morgan fingerprint density at radius 3 is 2.28 bits per heavy atom. The maximum absolute atomic E-state index is 12.7. The van der Waals surface area contributed by atoms with Gasteiger partial charge in [0.1, 0.15) is 0 Å². The maximum atomic E-state index is 12.7. The summed E-state index contributed by atoms with van der Waals surface area (Å²) in [7, 11) is 0. The molecule has 0 aromatic heterocycles. The molecule has 3 rings (SSSR count). The number of halogens is 2. The summed E-state index contributed by atoms with van der Waals surface area (Å²) in [4.78, 5) is 24.0. The van der Waals surface area contributed by atoms with Gasteiger partial charge in [0.05, 0.1) is 11.4 Å². The van der Waals surface area contributed by atoms with E-state index in [2.05, 4.69) is 5.10 Å². The van der Waals surface area contributed by atoms with Crippen LogP contribution in [-0.4, -0.2) is 23.8 Å². The second kappa shape index (κ2) is 7.34. The van der Waals surface area contributed by atoms with Crippen molar-refractivity contribution in [3.63, 3.8) is 0 Å². The van der Waals surface area contributed by atoms with Gasteiger partial charge in [-0.15, -0.1) is 0 Å². The van der Waals surface area contributed by atoms with E-state index in [0.29, 0.717) is 17.0 Å². The van der Waals surface area contributed by atoms with E-state index in [4.69, 9.17) is 0 Å². The zero-order chi connectivity index (χ0) is 17.8. The number of nitrogens with zero attached hydrogens (tertiary/aromatic N) is 2. The molecule has 1 amide bonds. The lowest BCUT2D eigenvalue weighted by Crippen LogP contribution is -2.38. The molecule has 0 saturated carbocycles. The first-order valence-electron chi connectivity index (χ1n) is 7.89. The van der Waals surface area contributed by atoms with Gasteiger partial charge in [-0.3, -0.25) is 9.59 Å². The van der Waals surface area contributed by atoms with E-state index in [1.807, 2.05) is 12.1 Å². The molecular formula is C19H16F2N2O2. The number of anilines is 1. The lowest BCUT2D eigenvalue weighted by Gasteiger charge is -2.29. The summed E-state index contributed by atoms with van der Waals surface area (Å²) in [5.41, 5.74) is 1.78. The van der Waals surface area contributed by atoms with Crippen LogP contribution in [0.3, 0.4) is 0 Å². The molecular weight excluding hydrogens is 326 g/mol. The van der Waals surface area contributed by atoms with Crippen molar-refractivity contribution in [2.45, 2.75) is 19.3 Å². The third kappa shape index (κ3) is 3.79. The Labute approximate surface area is 143 Å². The van der Waals surface area contributed by atoms with Crippen LogP contribution in [-0.2, 0) is 9.59 Å². The van der Waals surface area contributed by atoms with Gasteiger partial charge in [-0.2, -0.15) is 5.10 Å². The van der Waals surface area contributed by atoms with E-state index < -0.39 is 24.5 Å². The number of Topliss-reactive ketones (excluding diaryl/α,β-unsaturated/α-hetero) is 1. The summed E-state index contributed by atoms with van der Waals surface area (Å²) in [6.45, 7) is 0. The normalized spacial score (nSPS) is 17.6. The van der Waals surface area contributed by atoms with Crippen LogP contribution in [0.5, 0.6) is 0 Å². The first-order valence-corrected chi connectivity index (χ1v) is 7.89. The molecule has 1 aliphatic rings. The van der Waals surface area contributed by atoms with Gasteiger partial charge in [0.15, 0.2) is 5.78 Å². The molecule has 0 aliphatic carbocycles. The van der Waals surface area contributed by atoms with Crippen LogP contribution in [0.2, 0.25) is 0 Å². The predicted octanol–water partition coefficient (Wildman–Crippen LogP) is 3.67. The Kier molecular flexibility index (Phi) is 4.97. The molecule has 128 valence electrons. The Hall–Kier alpha value is -2.89. The number of hydrogen-bond acceptors (Lipinski definition) is 3. The number of amides is 1. The number of hydrogen-bond donors (Lipinski definition) is 0. The summed E-state index contributed by atoms with van der Waals surface area (Å²) >= 11 is 0. The molecule has 1 unspecified atom stereocenters. The van der Waals surface area contributed by atoms with Gasteiger partial charge in [0, 0.05) is 18.8 Å². The van der Waals surface area contributed by atoms with Gasteiger partial charge >= 0.3 is 0 Å². The average Bonchev–Trinajstić information content (AvgIpc) is 2.63. The smallest absolute Gasteiger partial charge is 0.293 e. The van der Waals surface area contributed by atoms with Gasteiger partial charge in [-0.05, 0) is 17.7 Å². The molecule has 1 aliphatic heterocycles. The van der Waals surface area contributed by atoms with Crippen molar-refractivity contribution in [1.82, 2.24) is 0 Å². The minimum atomic E-state index is -3.04. The molecule has 0 radical (unpaired) electrons. The van der Waals surface area contributed by atoms with Crippen LogP contribution < -0.4 is 5.01 Å². The summed E-state index contributed by atoms with van der Waals surface area (Å²) in [6, 6.07) is 17.9. The number of hydrazone groups is 1. The quantitative estimate of drug-likeness (QED) is 0.832. The Morgan fingerprint density at radius 2 is 1.68 bits per heavy atom. The average molecular weight is 342 g/mol. The Morgan fingerprint density at radius 1 is 1.08 bits per heavy atom. The summed E-state index contributed by atoms with van der Waals surface area (Å²) in [5.74, 6) is -2.15. The predicted molar refractivity (Wildman–Crippen MR) is 90.6 cm³/mol. The van der Waals surface area contributed by atoms with E-state index in [9.17, 15) is 18.4 Å². The highest BCUT2D eigenvalue weighted by molar-refractivity contribution is 6.11. The maximum Gasteiger partial charge on any atom is 0.296 e. The fourth-order valence-corrected chi connectivity index (χ4v) is 2.81. The number of para-hydroxylation sites is 1. The molecule has 2 aromatic rings. The lowest BCUT2D eigenvalue weighted by molar-refractivity contribution is -0.130. The number of alkyl halides is 2. The minimum Gasteiger partial charge on any atom is -0.293 e. The van der Waals surface area contributed by atoms with Crippen molar-refractivity contribution in [3.05, 3.63) is 66.2 Å². The highest BCUT2D eigenvalue weighted by Gasteiger charge is 2.34. The second-order valence-electron chi connectivity index (χ2n) is 5.76. The van der Waals surface area contributed by atoms with Crippen LogP contribution in [0, 0.1) is 5.92 Å². The van der Waals surface area contributed by atoms with Crippen molar-refractivity contribution >= 4 is 23.1 Å². The fourth-order valence-electron chi connectivity index (χ4n) is 2.81. The van der Waals surface area contributed by atoms with Gasteiger partial charge in [-0.1, -0.05) is 48.5 Å². The van der Waals surface area contributed by atoms with Crippen LogP contribution in [0.4, 0.5) is 14.5 Å². The topological polar surface area (TPSA) is 49.7 Å². The van der Waals surface area contributed by atoms with Crippen molar-refractivity contribution in [1.29, 1.82) is 0 Å². The monoisotopic (exact) mass is 342 g/mol. The summed E-state index contributed by atoms with van der Waals surface area (Å²) in [6.07, 6.45) is -3.49. The van der Waals surface area contributed by atoms with Crippen molar-refractivity contribution in [2.24, 2.45) is 11.0 Å². The van der Waals surface area contributed by atoms with Crippen LogP contribution in [0.25, 0.3) is 0 Å². The van der Waals surface area contributed by atoms with Crippen LogP contribution >= 0.6 is 0 Å². The highest BCUT2D eigenvalue weighted by atomic mass is 19.3. The van der Waals surface area contributed by atoms with Gasteiger partial charge in [0.25, 0.3) is 6.43 Å². The van der Waals surface area contributed by atoms with Crippen LogP contribution in [0.1, 0.15) is 18.4 Å². The second-order valence-corrected chi connectivity index (χ2v) is 5.76. The van der Waals surface area contributed by atoms with Crippen molar-refractivity contribution in [2.75, 3.05) is 5.01 Å². The van der Waals surface area contributed by atoms with E-state index in [1.165, 1.54) is 5.01 Å². The SMILES string of the molecule is O=C(CC1CC(=O)N(c2ccccc2)N=C1c1ccccc1)C(F)F. The molecule has 25 heavy (non-hydrogen) atoms. The minimum absolute atomic E-state index is 0.0406. The number of rotatable bonds is 5. The molecule has 6 heteroatoms. The molecule has 1 atom stereocenters. The third-order valence-corrected chi connectivity index (χ3v) is 4.01. The van der Waals surface area contributed by atoms with Crippen LogP contribution in [0.15, 0.2) is 65.8 Å². The van der Waals surface area contributed by atoms with E-state index in [0.717, 1.165) is 0 Å². The number of carbonyl (C=O) groups is 2. The molecule has 2 aromatic carbocycles. The Balaban J connectivity index is 2.00. The molecule has 0 N–H and O–H groups in total. The van der Waals surface area contributed by atoms with Gasteiger partial charge in [-0.25, -0.2) is 13.8 Å². The molecule has 0 fully saturated rings. The number of benzene rings is 2. The zero-order valence-electron chi connectivity index (χ0n) is 13.3. The van der Waals surface area contributed by atoms with E-state index >= 15 is 0 Å². The molecule has 1 heterocycles. The van der Waals surface area contributed by atoms with Gasteiger partial charge < -0.3 is 0 Å². The first kappa shape index (κ1) is 17.0. The largest absolute Gasteiger partial charge is 0.296 e. The first-order chi connectivity index (χ1) is 12.1. The molecule has 4 nitrogen and oxygen atoms in total. The van der Waals surface area contributed by atoms with Crippen molar-refractivity contribution in [3.8, 4) is 0 Å². The highest BCUT2D eigenvalue weighted by Crippen LogP contribution is 2.28. The Bertz CT molecular complexity index is 792. The number of carbonyl (C=O) groups excluding carboxylic acids is 2. The third-order valence-electron chi connectivity index (χ3n) is 4.01. The zero-order valence-corrected chi connectivity index (χ0v) is 13.3. The molecule has 0 bridgehead atoms. The summed E-state index contributed by atoms with van der Waals surface area (Å²) in [5, 5.41) is 5.67.